The lowest BCUT2D eigenvalue weighted by atomic mass is 10.1. The van der Waals surface area contributed by atoms with Crippen molar-refractivity contribution in [2.75, 3.05) is 0 Å². The highest BCUT2D eigenvalue weighted by Gasteiger charge is 2.20. The molecule has 4 nitrogen and oxygen atoms in total. The number of carbonyl (C=O) groups is 1. The van der Waals surface area contributed by atoms with Gasteiger partial charge in [0.25, 0.3) is 5.56 Å². The molecule has 0 radical (unpaired) electrons. The highest BCUT2D eigenvalue weighted by atomic mass is 79.9. The van der Waals surface area contributed by atoms with Gasteiger partial charge in [0.1, 0.15) is 0 Å². The maximum Gasteiger partial charge on any atom is 0.262 e. The molecule has 1 unspecified atom stereocenters. The van der Waals surface area contributed by atoms with Crippen LogP contribution < -0.4 is 5.56 Å². The first-order chi connectivity index (χ1) is 12.9. The molecule has 140 valence electrons. The molecule has 27 heavy (non-hydrogen) atoms. The van der Waals surface area contributed by atoms with Crippen molar-refractivity contribution in [2.24, 2.45) is 0 Å². The molecular weight excluding hydrogens is 424 g/mol. The minimum Gasteiger partial charge on any atom is -0.293 e. The number of rotatable bonds is 6. The maximum absolute atomic E-state index is 13.0. The molecule has 0 saturated heterocycles. The smallest absolute Gasteiger partial charge is 0.262 e. The molecular formula is C21H21BrN2O2S. The molecule has 0 aliphatic heterocycles. The predicted octanol–water partition coefficient (Wildman–Crippen LogP) is 5.24. The average Bonchev–Trinajstić information content (AvgIpc) is 2.65. The Morgan fingerprint density at radius 3 is 2.59 bits per heavy atom. The van der Waals surface area contributed by atoms with E-state index in [4.69, 9.17) is 0 Å². The molecule has 0 fully saturated rings. The van der Waals surface area contributed by atoms with E-state index in [0.29, 0.717) is 28.2 Å². The summed E-state index contributed by atoms with van der Waals surface area (Å²) >= 11 is 4.75. The zero-order valence-electron chi connectivity index (χ0n) is 15.5. The van der Waals surface area contributed by atoms with Gasteiger partial charge >= 0.3 is 0 Å². The zero-order valence-corrected chi connectivity index (χ0v) is 17.9. The van der Waals surface area contributed by atoms with Crippen LogP contribution in [-0.4, -0.2) is 20.6 Å². The molecule has 0 saturated carbocycles. The van der Waals surface area contributed by atoms with E-state index in [2.05, 4.69) is 20.9 Å². The second kappa shape index (κ2) is 8.40. The number of benzene rings is 2. The summed E-state index contributed by atoms with van der Waals surface area (Å²) in [6.45, 7) is 6.45. The van der Waals surface area contributed by atoms with Crippen LogP contribution in [0.25, 0.3) is 10.9 Å². The summed E-state index contributed by atoms with van der Waals surface area (Å²) in [6, 6.07) is 13.1. The van der Waals surface area contributed by atoms with Crippen LogP contribution in [0.15, 0.2) is 56.9 Å². The predicted molar refractivity (Wildman–Crippen MR) is 115 cm³/mol. The number of aromatic nitrogens is 2. The first-order valence-electron chi connectivity index (χ1n) is 8.88. The number of nitrogens with zero attached hydrogens (tertiary/aromatic N) is 2. The first-order valence-corrected chi connectivity index (χ1v) is 10.6. The second-order valence-electron chi connectivity index (χ2n) is 6.50. The fraction of sp³-hybridized carbons (Fsp3) is 0.286. The number of halogens is 1. The van der Waals surface area contributed by atoms with Gasteiger partial charge in [-0.05, 0) is 38.5 Å². The van der Waals surface area contributed by atoms with Crippen molar-refractivity contribution < 1.29 is 4.79 Å². The van der Waals surface area contributed by atoms with Gasteiger partial charge in [0, 0.05) is 16.6 Å². The summed E-state index contributed by atoms with van der Waals surface area (Å²) in [7, 11) is 0. The third-order valence-corrected chi connectivity index (χ3v) is 5.90. The zero-order chi connectivity index (χ0) is 19.6. The van der Waals surface area contributed by atoms with Crippen molar-refractivity contribution in [3.05, 3.63) is 68.4 Å². The summed E-state index contributed by atoms with van der Waals surface area (Å²) in [6.07, 6.45) is 0.814. The number of carbonyl (C=O) groups excluding carboxylic acids is 1. The van der Waals surface area contributed by atoms with Crippen LogP contribution in [0, 0.1) is 6.92 Å². The standard InChI is InChI=1S/C21H21BrN2O2S/c1-4-11-24-20(26)17-12-16(22)9-10-18(17)23-21(24)27-14(3)19(25)15-7-5-13(2)6-8-15/h5-10,12,14H,4,11H2,1-3H3. The van der Waals surface area contributed by atoms with Crippen molar-refractivity contribution in [1.82, 2.24) is 9.55 Å². The molecule has 0 bridgehead atoms. The van der Waals surface area contributed by atoms with E-state index in [1.165, 1.54) is 11.8 Å². The topological polar surface area (TPSA) is 52.0 Å². The minimum atomic E-state index is -0.337. The Morgan fingerprint density at radius 2 is 1.93 bits per heavy atom. The van der Waals surface area contributed by atoms with E-state index in [0.717, 1.165) is 16.5 Å². The van der Waals surface area contributed by atoms with Crippen molar-refractivity contribution in [1.29, 1.82) is 0 Å². The average molecular weight is 445 g/mol. The number of hydrogen-bond donors (Lipinski definition) is 0. The minimum absolute atomic E-state index is 0.0354. The Kier molecular flexibility index (Phi) is 6.17. The molecule has 3 rings (SSSR count). The molecule has 0 N–H and O–H groups in total. The lowest BCUT2D eigenvalue weighted by molar-refractivity contribution is 0.0994. The van der Waals surface area contributed by atoms with Gasteiger partial charge in [-0.2, -0.15) is 0 Å². The fourth-order valence-electron chi connectivity index (χ4n) is 2.85. The Hall–Kier alpha value is -1.92. The summed E-state index contributed by atoms with van der Waals surface area (Å²) in [5, 5.41) is 0.833. The van der Waals surface area contributed by atoms with Crippen LogP contribution in [-0.2, 0) is 6.54 Å². The van der Waals surface area contributed by atoms with Gasteiger partial charge in [-0.15, -0.1) is 0 Å². The molecule has 2 aromatic carbocycles. The summed E-state index contributed by atoms with van der Waals surface area (Å²) in [5.74, 6) is 0.0354. The van der Waals surface area contributed by atoms with E-state index >= 15 is 0 Å². The van der Waals surface area contributed by atoms with Gasteiger partial charge < -0.3 is 0 Å². The van der Waals surface area contributed by atoms with Crippen molar-refractivity contribution >= 4 is 44.4 Å². The van der Waals surface area contributed by atoms with E-state index in [9.17, 15) is 9.59 Å². The molecule has 1 aromatic heterocycles. The molecule has 0 aliphatic rings. The molecule has 1 heterocycles. The van der Waals surface area contributed by atoms with E-state index in [1.807, 2.05) is 57.2 Å². The monoisotopic (exact) mass is 444 g/mol. The molecule has 0 spiro atoms. The SMILES string of the molecule is CCCn1c(SC(C)C(=O)c2ccc(C)cc2)nc2ccc(Br)cc2c1=O. The normalized spacial score (nSPS) is 12.3. The van der Waals surface area contributed by atoms with Gasteiger partial charge in [-0.1, -0.05) is 64.4 Å². The Balaban J connectivity index is 1.98. The number of ketones is 1. The van der Waals surface area contributed by atoms with Gasteiger partial charge in [0.05, 0.1) is 16.2 Å². The van der Waals surface area contributed by atoms with Crippen LogP contribution in [0.3, 0.4) is 0 Å². The van der Waals surface area contributed by atoms with Gasteiger partial charge in [-0.25, -0.2) is 4.98 Å². The highest BCUT2D eigenvalue weighted by Crippen LogP contribution is 2.26. The van der Waals surface area contributed by atoms with Gasteiger partial charge in [-0.3, -0.25) is 14.2 Å². The van der Waals surface area contributed by atoms with Gasteiger partial charge in [0.15, 0.2) is 10.9 Å². The van der Waals surface area contributed by atoms with Crippen LogP contribution in [0.2, 0.25) is 0 Å². The number of aryl methyl sites for hydroxylation is 1. The number of Topliss-reactive ketones (excluding diaryl/α,β-unsaturated/α-hetero) is 1. The highest BCUT2D eigenvalue weighted by molar-refractivity contribution is 9.10. The van der Waals surface area contributed by atoms with Crippen molar-refractivity contribution in [2.45, 2.75) is 44.1 Å². The molecule has 3 aromatic rings. The Labute approximate surface area is 171 Å². The number of thioether (sulfide) groups is 1. The van der Waals surface area contributed by atoms with E-state index < -0.39 is 0 Å². The lowest BCUT2D eigenvalue weighted by Gasteiger charge is -2.15. The summed E-state index contributed by atoms with van der Waals surface area (Å²) < 4.78 is 2.53. The van der Waals surface area contributed by atoms with E-state index in [1.54, 1.807) is 10.6 Å². The van der Waals surface area contributed by atoms with Crippen molar-refractivity contribution in [3.63, 3.8) is 0 Å². The van der Waals surface area contributed by atoms with E-state index in [-0.39, 0.29) is 16.6 Å². The maximum atomic E-state index is 13.0. The molecule has 6 heteroatoms. The van der Waals surface area contributed by atoms with Crippen LogP contribution in [0.5, 0.6) is 0 Å². The fourth-order valence-corrected chi connectivity index (χ4v) is 4.22. The van der Waals surface area contributed by atoms with Crippen molar-refractivity contribution in [3.8, 4) is 0 Å². The lowest BCUT2D eigenvalue weighted by Crippen LogP contribution is -2.25. The second-order valence-corrected chi connectivity index (χ2v) is 8.73. The van der Waals surface area contributed by atoms with Gasteiger partial charge in [0.2, 0.25) is 0 Å². The molecule has 0 amide bonds. The third kappa shape index (κ3) is 4.33. The molecule has 1 atom stereocenters. The van der Waals surface area contributed by atoms with Crippen LogP contribution in [0.4, 0.5) is 0 Å². The summed E-state index contributed by atoms with van der Waals surface area (Å²) in [5.41, 5.74) is 2.37. The molecule has 0 aliphatic carbocycles. The first kappa shape index (κ1) is 19.8. The summed E-state index contributed by atoms with van der Waals surface area (Å²) in [4.78, 5) is 30.4. The Bertz CT molecular complexity index is 1040. The third-order valence-electron chi connectivity index (χ3n) is 4.32. The van der Waals surface area contributed by atoms with Crippen LogP contribution >= 0.6 is 27.7 Å². The largest absolute Gasteiger partial charge is 0.293 e. The number of fused-ring (bicyclic) bond motifs is 1. The van der Waals surface area contributed by atoms with Crippen LogP contribution in [0.1, 0.15) is 36.2 Å². The number of hydrogen-bond acceptors (Lipinski definition) is 4. The Morgan fingerprint density at radius 1 is 1.22 bits per heavy atom. The quantitative estimate of drug-likeness (QED) is 0.296.